The minimum Gasteiger partial charge on any atom is -0.755 e. The number of para-hydroxylation sites is 3. The maximum atomic E-state index is 12.3. The van der Waals surface area contributed by atoms with Crippen LogP contribution in [0.4, 0.5) is 21.9 Å². The number of amides is 2. The van der Waals surface area contributed by atoms with Gasteiger partial charge in [0, 0.05) is 10.7 Å². The van der Waals surface area contributed by atoms with Crippen LogP contribution in [0.15, 0.2) is 89.5 Å². The number of anilines is 3. The van der Waals surface area contributed by atoms with Crippen molar-refractivity contribution in [1.29, 1.82) is 0 Å². The van der Waals surface area contributed by atoms with Crippen LogP contribution >= 0.6 is 15.9 Å². The minimum absolute atomic E-state index is 0.280. The fourth-order valence-corrected chi connectivity index (χ4v) is 3.71. The SMILES string of the molecule is NC(=O)N(c1ccccc1Br)c1ccccc1N(C=Cc1ccccc1)S(=O)[O-]. The largest absolute Gasteiger partial charge is 0.755 e. The number of hydrogen-bond acceptors (Lipinski definition) is 3. The fraction of sp³-hybridized carbons (Fsp3) is 0. The molecule has 2 N–H and O–H groups in total. The number of halogens is 1. The van der Waals surface area contributed by atoms with Gasteiger partial charge in [-0.3, -0.25) is 13.4 Å². The van der Waals surface area contributed by atoms with Gasteiger partial charge >= 0.3 is 6.03 Å². The zero-order valence-corrected chi connectivity index (χ0v) is 17.5. The molecular formula is C21H17BrN3O3S-. The number of nitrogens with zero attached hydrogens (tertiary/aromatic N) is 2. The number of nitrogens with two attached hydrogens (primary N) is 1. The summed E-state index contributed by atoms with van der Waals surface area (Å²) in [7, 11) is 0. The van der Waals surface area contributed by atoms with Crippen molar-refractivity contribution in [2.75, 3.05) is 9.21 Å². The molecule has 3 aromatic rings. The number of rotatable bonds is 6. The van der Waals surface area contributed by atoms with E-state index in [1.807, 2.05) is 30.3 Å². The van der Waals surface area contributed by atoms with E-state index in [-0.39, 0.29) is 5.69 Å². The third-order valence-electron chi connectivity index (χ3n) is 4.04. The van der Waals surface area contributed by atoms with Gasteiger partial charge in [-0.15, -0.1) is 0 Å². The molecule has 6 nitrogen and oxygen atoms in total. The number of carbonyl (C=O) groups is 1. The number of hydrogen-bond donors (Lipinski definition) is 1. The van der Waals surface area contributed by atoms with Crippen LogP contribution in [0.1, 0.15) is 5.56 Å². The predicted molar refractivity (Wildman–Crippen MR) is 119 cm³/mol. The zero-order chi connectivity index (χ0) is 20.8. The Balaban J connectivity index is 2.10. The van der Waals surface area contributed by atoms with Crippen molar-refractivity contribution in [3.05, 3.63) is 95.1 Å². The van der Waals surface area contributed by atoms with E-state index < -0.39 is 17.3 Å². The molecule has 8 heteroatoms. The summed E-state index contributed by atoms with van der Waals surface area (Å²) in [6.45, 7) is 0. The highest BCUT2D eigenvalue weighted by Crippen LogP contribution is 2.38. The third kappa shape index (κ3) is 4.92. The van der Waals surface area contributed by atoms with Gasteiger partial charge in [0.05, 0.1) is 28.3 Å². The van der Waals surface area contributed by atoms with Crippen LogP contribution in [-0.2, 0) is 11.3 Å². The Morgan fingerprint density at radius 2 is 1.45 bits per heavy atom. The van der Waals surface area contributed by atoms with E-state index in [1.54, 1.807) is 54.6 Å². The Kier molecular flexibility index (Phi) is 6.82. The third-order valence-corrected chi connectivity index (χ3v) is 5.35. The first-order chi connectivity index (χ1) is 14.0. The van der Waals surface area contributed by atoms with E-state index in [1.165, 1.54) is 11.1 Å². The molecule has 29 heavy (non-hydrogen) atoms. The van der Waals surface area contributed by atoms with Gasteiger partial charge in [0.25, 0.3) is 0 Å². The lowest BCUT2D eigenvalue weighted by Crippen LogP contribution is -2.33. The molecule has 0 bridgehead atoms. The molecule has 0 saturated carbocycles. The number of urea groups is 1. The minimum atomic E-state index is -2.62. The molecule has 0 aliphatic heterocycles. The monoisotopic (exact) mass is 470 g/mol. The summed E-state index contributed by atoms with van der Waals surface area (Å²) in [4.78, 5) is 13.6. The summed E-state index contributed by atoms with van der Waals surface area (Å²) in [5.74, 6) is 0. The average Bonchev–Trinajstić information content (AvgIpc) is 2.71. The van der Waals surface area contributed by atoms with Gasteiger partial charge in [0.1, 0.15) is 0 Å². The fourth-order valence-electron chi connectivity index (χ4n) is 2.77. The second-order valence-electron chi connectivity index (χ2n) is 5.88. The first kappa shape index (κ1) is 20.8. The molecule has 2 amide bonds. The second kappa shape index (κ2) is 9.51. The zero-order valence-electron chi connectivity index (χ0n) is 15.1. The maximum Gasteiger partial charge on any atom is 0.323 e. The van der Waals surface area contributed by atoms with E-state index in [0.29, 0.717) is 15.8 Å². The molecule has 0 aliphatic rings. The van der Waals surface area contributed by atoms with Crippen molar-refractivity contribution in [1.82, 2.24) is 0 Å². The molecule has 3 aromatic carbocycles. The van der Waals surface area contributed by atoms with Gasteiger partial charge in [-0.25, -0.2) is 4.79 Å². The summed E-state index contributed by atoms with van der Waals surface area (Å²) in [5.41, 5.74) is 7.59. The summed E-state index contributed by atoms with van der Waals surface area (Å²) in [6.07, 6.45) is 3.09. The smallest absolute Gasteiger partial charge is 0.323 e. The summed E-state index contributed by atoms with van der Waals surface area (Å²) in [5, 5.41) is 0. The van der Waals surface area contributed by atoms with E-state index >= 15 is 0 Å². The Hall–Kier alpha value is -2.94. The van der Waals surface area contributed by atoms with Crippen LogP contribution in [0.2, 0.25) is 0 Å². The normalized spacial score (nSPS) is 11.9. The Bertz CT molecular complexity index is 1060. The van der Waals surface area contributed by atoms with Gasteiger partial charge in [0.2, 0.25) is 0 Å². The quantitative estimate of drug-likeness (QED) is 0.517. The van der Waals surface area contributed by atoms with Gasteiger partial charge in [-0.05, 0) is 51.8 Å². The Morgan fingerprint density at radius 3 is 2.03 bits per heavy atom. The van der Waals surface area contributed by atoms with Gasteiger partial charge < -0.3 is 10.3 Å². The van der Waals surface area contributed by atoms with Crippen LogP contribution in [0.3, 0.4) is 0 Å². The van der Waals surface area contributed by atoms with Crippen molar-refractivity contribution in [3.63, 3.8) is 0 Å². The Labute approximate surface area is 179 Å². The highest BCUT2D eigenvalue weighted by Gasteiger charge is 2.22. The van der Waals surface area contributed by atoms with Gasteiger partial charge in [-0.2, -0.15) is 0 Å². The van der Waals surface area contributed by atoms with E-state index in [2.05, 4.69) is 15.9 Å². The number of carbonyl (C=O) groups excluding carboxylic acids is 1. The van der Waals surface area contributed by atoms with Crippen molar-refractivity contribution < 1.29 is 13.6 Å². The lowest BCUT2D eigenvalue weighted by atomic mass is 10.2. The van der Waals surface area contributed by atoms with Gasteiger partial charge in [-0.1, -0.05) is 54.6 Å². The first-order valence-electron chi connectivity index (χ1n) is 8.54. The van der Waals surface area contributed by atoms with Crippen LogP contribution < -0.4 is 14.9 Å². The highest BCUT2D eigenvalue weighted by atomic mass is 79.9. The van der Waals surface area contributed by atoms with E-state index in [0.717, 1.165) is 9.87 Å². The van der Waals surface area contributed by atoms with E-state index in [4.69, 9.17) is 5.73 Å². The van der Waals surface area contributed by atoms with Crippen LogP contribution in [0.5, 0.6) is 0 Å². The van der Waals surface area contributed by atoms with Crippen molar-refractivity contribution in [3.8, 4) is 0 Å². The van der Waals surface area contributed by atoms with Crippen molar-refractivity contribution in [2.24, 2.45) is 5.73 Å². The molecule has 148 valence electrons. The molecule has 0 fully saturated rings. The molecule has 0 radical (unpaired) electrons. The molecule has 1 unspecified atom stereocenters. The average molecular weight is 471 g/mol. The molecule has 3 rings (SSSR count). The molecular weight excluding hydrogens is 454 g/mol. The van der Waals surface area contributed by atoms with Crippen LogP contribution in [-0.4, -0.2) is 14.8 Å². The summed E-state index contributed by atoms with van der Waals surface area (Å²) in [6, 6.07) is 22.2. The maximum absolute atomic E-state index is 12.3. The lowest BCUT2D eigenvalue weighted by molar-refractivity contribution is 0.256. The van der Waals surface area contributed by atoms with Crippen molar-refractivity contribution in [2.45, 2.75) is 0 Å². The molecule has 0 spiro atoms. The molecule has 0 heterocycles. The van der Waals surface area contributed by atoms with Gasteiger partial charge in [0.15, 0.2) is 0 Å². The van der Waals surface area contributed by atoms with Crippen LogP contribution in [0, 0.1) is 0 Å². The highest BCUT2D eigenvalue weighted by molar-refractivity contribution is 9.10. The first-order valence-corrected chi connectivity index (χ1v) is 10.4. The van der Waals surface area contributed by atoms with E-state index in [9.17, 15) is 13.6 Å². The number of primary amides is 1. The summed E-state index contributed by atoms with van der Waals surface area (Å²) < 4.78 is 25.7. The van der Waals surface area contributed by atoms with Crippen LogP contribution in [0.25, 0.3) is 6.08 Å². The Morgan fingerprint density at radius 1 is 0.897 bits per heavy atom. The molecule has 0 aliphatic carbocycles. The molecule has 0 saturated heterocycles. The molecule has 1 atom stereocenters. The summed E-state index contributed by atoms with van der Waals surface area (Å²) >= 11 is 0.792. The number of benzene rings is 3. The second-order valence-corrected chi connectivity index (χ2v) is 7.57. The lowest BCUT2D eigenvalue weighted by Gasteiger charge is -2.29. The topological polar surface area (TPSA) is 89.7 Å². The predicted octanol–water partition coefficient (Wildman–Crippen LogP) is 4.94. The molecule has 0 aromatic heterocycles. The van der Waals surface area contributed by atoms with Crippen molar-refractivity contribution >= 4 is 56.4 Å². The standard InChI is InChI=1S/C21H18BrN3O3S/c22-17-10-4-5-11-18(17)25(21(23)26)20-13-7-6-12-19(20)24(29(27)28)15-14-16-8-2-1-3-9-16/h1-15H,(H2,23,26)(H,27,28)/p-1.